The first-order valence-electron chi connectivity index (χ1n) is 10.9. The van der Waals surface area contributed by atoms with Crippen molar-refractivity contribution >= 4 is 0 Å². The van der Waals surface area contributed by atoms with Gasteiger partial charge in [-0.2, -0.15) is 0 Å². The van der Waals surface area contributed by atoms with Gasteiger partial charge in [-0.15, -0.1) is 15.3 Å². The SMILES string of the molecule is CC(C)C.Cn1cc(COc2cccc(OCc3cn(C)nn3)c2OCc2cn(C)nn2)nn1. The number of para-hydroxylation sites is 1. The van der Waals surface area contributed by atoms with E-state index in [2.05, 4.69) is 51.7 Å². The highest BCUT2D eigenvalue weighted by molar-refractivity contribution is 5.51. The minimum absolute atomic E-state index is 0.209. The van der Waals surface area contributed by atoms with Gasteiger partial charge in [0.2, 0.25) is 5.75 Å². The fourth-order valence-electron chi connectivity index (χ4n) is 2.70. The predicted molar refractivity (Wildman–Crippen MR) is 123 cm³/mol. The highest BCUT2D eigenvalue weighted by atomic mass is 16.5. The lowest BCUT2D eigenvalue weighted by atomic mass is 10.3. The van der Waals surface area contributed by atoms with E-state index in [0.29, 0.717) is 34.3 Å². The molecule has 0 amide bonds. The Balaban J connectivity index is 0.000000751. The van der Waals surface area contributed by atoms with Crippen molar-refractivity contribution in [2.75, 3.05) is 0 Å². The summed E-state index contributed by atoms with van der Waals surface area (Å²) in [6.45, 7) is 7.19. The largest absolute Gasteiger partial charge is 0.483 e. The number of hydrogen-bond acceptors (Lipinski definition) is 9. The van der Waals surface area contributed by atoms with Crippen LogP contribution in [-0.2, 0) is 41.0 Å². The zero-order chi connectivity index (χ0) is 24.5. The summed E-state index contributed by atoms with van der Waals surface area (Å²) in [5.74, 6) is 2.32. The van der Waals surface area contributed by atoms with E-state index >= 15 is 0 Å². The summed E-state index contributed by atoms with van der Waals surface area (Å²) in [7, 11) is 5.39. The van der Waals surface area contributed by atoms with Crippen molar-refractivity contribution in [3.63, 3.8) is 0 Å². The van der Waals surface area contributed by atoms with E-state index in [1.165, 1.54) is 0 Å². The van der Waals surface area contributed by atoms with Crippen LogP contribution < -0.4 is 14.2 Å². The third-order valence-electron chi connectivity index (χ3n) is 4.01. The molecule has 12 nitrogen and oxygen atoms in total. The summed E-state index contributed by atoms with van der Waals surface area (Å²) in [4.78, 5) is 0. The molecule has 0 N–H and O–H groups in total. The fourth-order valence-corrected chi connectivity index (χ4v) is 2.70. The molecule has 0 bridgehead atoms. The Hall–Kier alpha value is -3.96. The number of hydrogen-bond donors (Lipinski definition) is 0. The van der Waals surface area contributed by atoms with Crippen molar-refractivity contribution in [2.45, 2.75) is 40.6 Å². The van der Waals surface area contributed by atoms with Crippen molar-refractivity contribution in [3.05, 3.63) is 53.9 Å². The Morgan fingerprint density at radius 1 is 0.647 bits per heavy atom. The second-order valence-corrected chi connectivity index (χ2v) is 8.33. The normalized spacial score (nSPS) is 10.7. The maximum Gasteiger partial charge on any atom is 0.204 e. The zero-order valence-electron chi connectivity index (χ0n) is 20.4. The average molecular weight is 470 g/mol. The van der Waals surface area contributed by atoms with Crippen LogP contribution in [0.3, 0.4) is 0 Å². The van der Waals surface area contributed by atoms with Crippen LogP contribution in [0.5, 0.6) is 17.2 Å². The quantitative estimate of drug-likeness (QED) is 0.364. The highest BCUT2D eigenvalue weighted by Crippen LogP contribution is 2.38. The molecule has 0 aliphatic rings. The standard InChI is InChI=1S/C18H21N9O3.C4H10/c1-25-7-13(19-22-25)10-28-16-5-4-6-17(29-11-14-8-26(2)23-20-14)18(16)30-12-15-9-27(3)24-21-15;1-4(2)3/h4-9H,10-12H2,1-3H3;4H,1-3H3. The van der Waals surface area contributed by atoms with Gasteiger partial charge in [-0.05, 0) is 18.1 Å². The molecule has 0 aliphatic heterocycles. The van der Waals surface area contributed by atoms with Gasteiger partial charge < -0.3 is 14.2 Å². The summed E-state index contributed by atoms with van der Waals surface area (Å²) in [5.41, 5.74) is 2.08. The molecule has 4 aromatic rings. The molecular weight excluding hydrogens is 438 g/mol. The molecule has 0 saturated carbocycles. The molecule has 0 atom stereocenters. The number of rotatable bonds is 9. The molecule has 0 unspecified atom stereocenters. The maximum atomic E-state index is 6.01. The van der Waals surface area contributed by atoms with Crippen LogP contribution in [-0.4, -0.2) is 45.0 Å². The van der Waals surface area contributed by atoms with Crippen LogP contribution in [0.15, 0.2) is 36.8 Å². The third kappa shape index (κ3) is 7.57. The van der Waals surface area contributed by atoms with Crippen molar-refractivity contribution in [1.29, 1.82) is 0 Å². The van der Waals surface area contributed by atoms with E-state index < -0.39 is 0 Å². The van der Waals surface area contributed by atoms with Crippen LogP contribution in [0.1, 0.15) is 37.9 Å². The second kappa shape index (κ2) is 11.8. The Kier molecular flexibility index (Phi) is 8.54. The number of benzene rings is 1. The summed E-state index contributed by atoms with van der Waals surface area (Å²) >= 11 is 0. The van der Waals surface area contributed by atoms with Gasteiger partial charge in [0.25, 0.3) is 0 Å². The van der Waals surface area contributed by atoms with Crippen molar-refractivity contribution in [1.82, 2.24) is 45.0 Å². The van der Waals surface area contributed by atoms with E-state index in [9.17, 15) is 0 Å². The first kappa shape index (κ1) is 24.7. The van der Waals surface area contributed by atoms with Gasteiger partial charge >= 0.3 is 0 Å². The zero-order valence-corrected chi connectivity index (χ0v) is 20.4. The molecule has 0 aliphatic carbocycles. The smallest absolute Gasteiger partial charge is 0.204 e. The third-order valence-corrected chi connectivity index (χ3v) is 4.01. The lowest BCUT2D eigenvalue weighted by Crippen LogP contribution is -2.04. The van der Waals surface area contributed by atoms with Crippen LogP contribution >= 0.6 is 0 Å². The Morgan fingerprint density at radius 3 is 1.32 bits per heavy atom. The average Bonchev–Trinajstić information content (AvgIpc) is 3.51. The molecule has 3 heterocycles. The van der Waals surface area contributed by atoms with Gasteiger partial charge in [0.1, 0.15) is 36.9 Å². The maximum absolute atomic E-state index is 6.01. The summed E-state index contributed by atoms with van der Waals surface area (Å²) in [6.07, 6.45) is 5.35. The Bertz CT molecular complexity index is 1100. The number of aromatic nitrogens is 9. The van der Waals surface area contributed by atoms with E-state index in [1.54, 1.807) is 65.9 Å². The first-order chi connectivity index (χ1) is 16.3. The van der Waals surface area contributed by atoms with Crippen molar-refractivity contribution in [2.24, 2.45) is 27.1 Å². The molecule has 12 heteroatoms. The highest BCUT2D eigenvalue weighted by Gasteiger charge is 2.15. The molecule has 0 radical (unpaired) electrons. The van der Waals surface area contributed by atoms with E-state index in [0.717, 1.165) is 5.92 Å². The Labute approximate surface area is 198 Å². The number of ether oxygens (including phenoxy) is 3. The molecule has 0 saturated heterocycles. The van der Waals surface area contributed by atoms with Gasteiger partial charge in [0, 0.05) is 21.1 Å². The minimum Gasteiger partial charge on any atom is -0.483 e. The topological polar surface area (TPSA) is 120 Å². The van der Waals surface area contributed by atoms with Crippen LogP contribution in [0.4, 0.5) is 0 Å². The van der Waals surface area contributed by atoms with E-state index in [-0.39, 0.29) is 19.8 Å². The van der Waals surface area contributed by atoms with Crippen LogP contribution in [0, 0.1) is 5.92 Å². The second-order valence-electron chi connectivity index (χ2n) is 8.33. The van der Waals surface area contributed by atoms with Crippen LogP contribution in [0.25, 0.3) is 0 Å². The summed E-state index contributed by atoms with van der Waals surface area (Å²) in [5, 5.41) is 23.9. The summed E-state index contributed by atoms with van der Waals surface area (Å²) < 4.78 is 22.7. The Morgan fingerprint density at radius 2 is 1.00 bits per heavy atom. The monoisotopic (exact) mass is 469 g/mol. The lowest BCUT2D eigenvalue weighted by molar-refractivity contribution is 0.226. The fraction of sp³-hybridized carbons (Fsp3) is 0.455. The van der Waals surface area contributed by atoms with Gasteiger partial charge in [-0.1, -0.05) is 42.5 Å². The van der Waals surface area contributed by atoms with Crippen molar-refractivity contribution < 1.29 is 14.2 Å². The summed E-state index contributed by atoms with van der Waals surface area (Å²) in [6, 6.07) is 5.43. The van der Waals surface area contributed by atoms with E-state index in [1.807, 2.05) is 6.07 Å². The van der Waals surface area contributed by atoms with Gasteiger partial charge in [-0.25, -0.2) is 0 Å². The number of nitrogens with zero attached hydrogens (tertiary/aromatic N) is 9. The van der Waals surface area contributed by atoms with Crippen molar-refractivity contribution in [3.8, 4) is 17.2 Å². The molecule has 0 spiro atoms. The molecule has 1 aromatic carbocycles. The van der Waals surface area contributed by atoms with Gasteiger partial charge in [0.05, 0.1) is 18.6 Å². The molecule has 0 fully saturated rings. The van der Waals surface area contributed by atoms with Crippen LogP contribution in [0.2, 0.25) is 0 Å². The first-order valence-corrected chi connectivity index (χ1v) is 10.9. The minimum atomic E-state index is 0.209. The number of aryl methyl sites for hydroxylation is 3. The molecular formula is C22H31N9O3. The molecule has 182 valence electrons. The van der Waals surface area contributed by atoms with Gasteiger partial charge in [-0.3, -0.25) is 14.0 Å². The molecule has 3 aromatic heterocycles. The lowest BCUT2D eigenvalue weighted by Gasteiger charge is -2.15. The van der Waals surface area contributed by atoms with E-state index in [4.69, 9.17) is 14.2 Å². The predicted octanol–water partition coefficient (Wildman–Crippen LogP) is 2.47. The molecule has 34 heavy (non-hydrogen) atoms. The van der Waals surface area contributed by atoms with Gasteiger partial charge in [0.15, 0.2) is 11.5 Å². The molecule has 4 rings (SSSR count).